The molecule has 96 valence electrons. The second-order valence-electron chi connectivity index (χ2n) is 2.63. The van der Waals surface area contributed by atoms with Gasteiger partial charge in [0.25, 0.3) is 5.69 Å². The largest absolute Gasteiger partial charge is 0.573 e. The van der Waals surface area contributed by atoms with E-state index in [1.165, 1.54) is 0 Å². The summed E-state index contributed by atoms with van der Waals surface area (Å²) in [6, 6.07) is 2.64. The van der Waals surface area contributed by atoms with Crippen molar-refractivity contribution in [1.29, 1.82) is 0 Å². The molecule has 0 aliphatic rings. The quantitative estimate of drug-likeness (QED) is 0.500. The molecular formula is C7H7ClF3N3O3. The Morgan fingerprint density at radius 3 is 2.41 bits per heavy atom. The summed E-state index contributed by atoms with van der Waals surface area (Å²) in [5.41, 5.74) is 1.20. The van der Waals surface area contributed by atoms with Crippen molar-refractivity contribution in [2.24, 2.45) is 5.84 Å². The van der Waals surface area contributed by atoms with Crippen molar-refractivity contribution in [3.8, 4) is 5.75 Å². The van der Waals surface area contributed by atoms with Crippen molar-refractivity contribution in [3.63, 3.8) is 0 Å². The van der Waals surface area contributed by atoms with Crippen LogP contribution in [0.3, 0.4) is 0 Å². The SMILES string of the molecule is Cl.NNc1ccc([N+](=O)[O-])cc1OC(F)(F)F. The van der Waals surface area contributed by atoms with Crippen LogP contribution in [0.15, 0.2) is 18.2 Å². The number of hydrogen-bond donors (Lipinski definition) is 2. The summed E-state index contributed by atoms with van der Waals surface area (Å²) in [5.74, 6) is 4.17. The average molecular weight is 274 g/mol. The number of ether oxygens (including phenoxy) is 1. The fourth-order valence-electron chi connectivity index (χ4n) is 0.953. The maximum Gasteiger partial charge on any atom is 0.573 e. The van der Waals surface area contributed by atoms with Crippen LogP contribution in [0.2, 0.25) is 0 Å². The lowest BCUT2D eigenvalue weighted by Crippen LogP contribution is -2.19. The van der Waals surface area contributed by atoms with Gasteiger partial charge in [0.15, 0.2) is 5.75 Å². The second-order valence-corrected chi connectivity index (χ2v) is 2.63. The van der Waals surface area contributed by atoms with Gasteiger partial charge in [-0.25, -0.2) is 0 Å². The van der Waals surface area contributed by atoms with Gasteiger partial charge < -0.3 is 10.2 Å². The number of nitro benzene ring substituents is 1. The summed E-state index contributed by atoms with van der Waals surface area (Å²) in [7, 11) is 0. The Balaban J connectivity index is 0.00000256. The monoisotopic (exact) mass is 273 g/mol. The van der Waals surface area contributed by atoms with E-state index in [4.69, 9.17) is 5.84 Å². The van der Waals surface area contributed by atoms with Crippen LogP contribution in [0.1, 0.15) is 0 Å². The molecular weight excluding hydrogens is 267 g/mol. The molecule has 0 aliphatic carbocycles. The predicted molar refractivity (Wildman–Crippen MR) is 54.8 cm³/mol. The van der Waals surface area contributed by atoms with Gasteiger partial charge in [-0.2, -0.15) is 0 Å². The third kappa shape index (κ3) is 4.33. The lowest BCUT2D eigenvalue weighted by atomic mass is 10.2. The highest BCUT2D eigenvalue weighted by molar-refractivity contribution is 5.85. The number of nitrogens with two attached hydrogens (primary N) is 1. The molecule has 0 fully saturated rings. The van der Waals surface area contributed by atoms with E-state index >= 15 is 0 Å². The van der Waals surface area contributed by atoms with E-state index in [1.807, 2.05) is 5.43 Å². The first-order chi connectivity index (χ1) is 7.33. The van der Waals surface area contributed by atoms with E-state index in [1.54, 1.807) is 0 Å². The number of nitrogens with one attached hydrogen (secondary N) is 1. The molecule has 0 aliphatic heterocycles. The molecule has 0 saturated heterocycles. The smallest absolute Gasteiger partial charge is 0.403 e. The number of alkyl halides is 3. The number of nitro groups is 1. The van der Waals surface area contributed by atoms with Crippen molar-refractivity contribution in [2.45, 2.75) is 6.36 Å². The zero-order chi connectivity index (χ0) is 12.3. The van der Waals surface area contributed by atoms with Crippen LogP contribution in [-0.4, -0.2) is 11.3 Å². The van der Waals surface area contributed by atoms with E-state index in [2.05, 4.69) is 4.74 Å². The number of anilines is 1. The molecule has 0 amide bonds. The van der Waals surface area contributed by atoms with Gasteiger partial charge in [0.2, 0.25) is 0 Å². The second kappa shape index (κ2) is 5.55. The molecule has 10 heteroatoms. The zero-order valence-electron chi connectivity index (χ0n) is 8.02. The normalized spacial score (nSPS) is 10.4. The molecule has 0 unspecified atom stereocenters. The van der Waals surface area contributed by atoms with Gasteiger partial charge in [0, 0.05) is 6.07 Å². The maximum atomic E-state index is 11.9. The first-order valence-electron chi connectivity index (χ1n) is 3.84. The minimum Gasteiger partial charge on any atom is -0.403 e. The number of non-ortho nitro benzene ring substituents is 1. The molecule has 0 bridgehead atoms. The predicted octanol–water partition coefficient (Wildman–Crippen LogP) is 2.20. The topological polar surface area (TPSA) is 90.4 Å². The first-order valence-corrected chi connectivity index (χ1v) is 3.84. The Hall–Kier alpha value is -1.74. The standard InChI is InChI=1S/C7H6F3N3O3.ClH/c8-7(9,10)16-6-3-4(13(14)15)1-2-5(6)12-11;/h1-3,12H,11H2;1H. The summed E-state index contributed by atoms with van der Waals surface area (Å²) in [6.45, 7) is 0. The highest BCUT2D eigenvalue weighted by Gasteiger charge is 2.32. The number of rotatable bonds is 3. The number of halogens is 4. The number of nitrogens with zero attached hydrogens (tertiary/aromatic N) is 1. The van der Waals surface area contributed by atoms with Gasteiger partial charge >= 0.3 is 6.36 Å². The highest BCUT2D eigenvalue weighted by Crippen LogP contribution is 2.32. The van der Waals surface area contributed by atoms with Gasteiger partial charge in [-0.1, -0.05) is 0 Å². The third-order valence-corrected chi connectivity index (χ3v) is 1.56. The summed E-state index contributed by atoms with van der Waals surface area (Å²) < 4.78 is 39.4. The summed E-state index contributed by atoms with van der Waals surface area (Å²) >= 11 is 0. The molecule has 0 spiro atoms. The minimum atomic E-state index is -4.94. The van der Waals surface area contributed by atoms with Crippen molar-refractivity contribution in [3.05, 3.63) is 28.3 Å². The molecule has 6 nitrogen and oxygen atoms in total. The highest BCUT2D eigenvalue weighted by atomic mass is 35.5. The van der Waals surface area contributed by atoms with Crippen molar-refractivity contribution < 1.29 is 22.8 Å². The van der Waals surface area contributed by atoms with Crippen LogP contribution in [-0.2, 0) is 0 Å². The van der Waals surface area contributed by atoms with Crippen LogP contribution in [0.4, 0.5) is 24.5 Å². The lowest BCUT2D eigenvalue weighted by molar-refractivity contribution is -0.385. The average Bonchev–Trinajstić information content (AvgIpc) is 2.15. The first kappa shape index (κ1) is 15.3. The molecule has 3 N–H and O–H groups in total. The minimum absolute atomic E-state index is 0. The number of nitrogen functional groups attached to an aromatic ring is 1. The number of hydrazine groups is 1. The fraction of sp³-hybridized carbons (Fsp3) is 0.143. The molecule has 0 atom stereocenters. The van der Waals surface area contributed by atoms with E-state index < -0.39 is 22.7 Å². The summed E-state index contributed by atoms with van der Waals surface area (Å²) in [5, 5.41) is 10.3. The third-order valence-electron chi connectivity index (χ3n) is 1.56. The Morgan fingerprint density at radius 1 is 1.41 bits per heavy atom. The Bertz CT molecular complexity index is 413. The van der Waals surface area contributed by atoms with Gasteiger partial charge in [-0.05, 0) is 6.07 Å². The van der Waals surface area contributed by atoms with Crippen LogP contribution in [0.25, 0.3) is 0 Å². The van der Waals surface area contributed by atoms with E-state index in [0.717, 1.165) is 12.1 Å². The van der Waals surface area contributed by atoms with Gasteiger partial charge in [0.1, 0.15) is 0 Å². The fourth-order valence-corrected chi connectivity index (χ4v) is 0.953. The molecule has 0 heterocycles. The summed E-state index contributed by atoms with van der Waals surface area (Å²) in [6.07, 6.45) is -4.94. The van der Waals surface area contributed by atoms with Gasteiger partial charge in [-0.15, -0.1) is 25.6 Å². The molecule has 0 saturated carbocycles. The summed E-state index contributed by atoms with van der Waals surface area (Å²) in [4.78, 5) is 9.49. The van der Waals surface area contributed by atoms with Gasteiger partial charge in [-0.3, -0.25) is 16.0 Å². The van der Waals surface area contributed by atoms with Crippen LogP contribution >= 0.6 is 12.4 Å². The van der Waals surface area contributed by atoms with Crippen molar-refractivity contribution in [1.82, 2.24) is 0 Å². The van der Waals surface area contributed by atoms with E-state index in [0.29, 0.717) is 6.07 Å². The van der Waals surface area contributed by atoms with E-state index in [-0.39, 0.29) is 18.1 Å². The van der Waals surface area contributed by atoms with Crippen LogP contribution in [0, 0.1) is 10.1 Å². The van der Waals surface area contributed by atoms with Crippen molar-refractivity contribution in [2.75, 3.05) is 5.43 Å². The molecule has 17 heavy (non-hydrogen) atoms. The Labute approximate surface area is 99.1 Å². The number of benzene rings is 1. The van der Waals surface area contributed by atoms with Crippen LogP contribution < -0.4 is 16.0 Å². The molecule has 1 rings (SSSR count). The molecule has 0 aromatic heterocycles. The van der Waals surface area contributed by atoms with Gasteiger partial charge in [0.05, 0.1) is 16.7 Å². The molecule has 0 radical (unpaired) electrons. The number of hydrogen-bond acceptors (Lipinski definition) is 5. The Morgan fingerprint density at radius 2 is 2.00 bits per heavy atom. The Kier molecular flexibility index (Phi) is 4.98. The molecule has 1 aromatic carbocycles. The lowest BCUT2D eigenvalue weighted by Gasteiger charge is -2.12. The van der Waals surface area contributed by atoms with Crippen LogP contribution in [0.5, 0.6) is 5.75 Å². The zero-order valence-corrected chi connectivity index (χ0v) is 8.84. The molecule has 1 aromatic rings. The van der Waals surface area contributed by atoms with E-state index in [9.17, 15) is 23.3 Å². The van der Waals surface area contributed by atoms with Crippen molar-refractivity contribution >= 4 is 23.8 Å². The maximum absolute atomic E-state index is 11.9.